The van der Waals surface area contributed by atoms with Crippen molar-refractivity contribution >= 4 is 97.2 Å². The highest BCUT2D eigenvalue weighted by Gasteiger charge is 2.26. The molecule has 21 rings (SSSR count). The first-order valence-electron chi connectivity index (χ1n) is 35.2. The number of nitrogens with zero attached hydrogens (tertiary/aromatic N) is 10. The third-order valence-corrected chi connectivity index (χ3v) is 21.7. The summed E-state index contributed by atoms with van der Waals surface area (Å²) in [5, 5.41) is 6.75. The van der Waals surface area contributed by atoms with Gasteiger partial charge < -0.3 is 0 Å². The second-order valence-electron chi connectivity index (χ2n) is 26.6. The Morgan fingerprint density at radius 2 is 0.505 bits per heavy atom. The number of fused-ring (bicyclic) bond motifs is 13. The molecule has 21 aromatic rings. The Kier molecular flexibility index (Phi) is 13.9. The van der Waals surface area contributed by atoms with E-state index in [0.717, 1.165) is 187 Å². The van der Waals surface area contributed by atoms with Gasteiger partial charge in [0.15, 0.2) is 0 Å². The molecule has 0 bridgehead atoms. The summed E-state index contributed by atoms with van der Waals surface area (Å²) in [6, 6.07) is 124. The predicted molar refractivity (Wildman–Crippen MR) is 432 cm³/mol. The molecule has 0 saturated heterocycles. The van der Waals surface area contributed by atoms with Gasteiger partial charge in [0.05, 0.1) is 66.9 Å². The van der Waals surface area contributed by atoms with Crippen LogP contribution in [0.15, 0.2) is 352 Å². The number of para-hydroxylation sites is 6. The topological polar surface area (TPSA) is 97.1 Å². The summed E-state index contributed by atoms with van der Waals surface area (Å²) in [6.07, 6.45) is 0. The summed E-state index contributed by atoms with van der Waals surface area (Å²) >= 11 is 1.85. The zero-order valence-electron chi connectivity index (χ0n) is 56.4. The first-order valence-corrected chi connectivity index (χ1v) is 36.1. The Hall–Kier alpha value is -14.0. The number of imidazole rings is 2. The van der Waals surface area contributed by atoms with Gasteiger partial charge in [-0.1, -0.05) is 255 Å². The first-order chi connectivity index (χ1) is 52.0. The van der Waals surface area contributed by atoms with Crippen LogP contribution in [-0.4, -0.2) is 48.2 Å². The van der Waals surface area contributed by atoms with E-state index in [9.17, 15) is 0 Å². The summed E-state index contributed by atoms with van der Waals surface area (Å²) < 4.78 is 11.4. The van der Waals surface area contributed by atoms with Crippen molar-refractivity contribution in [3.05, 3.63) is 352 Å². The Bertz CT molecular complexity index is 6430. The van der Waals surface area contributed by atoms with E-state index in [1.54, 1.807) is 0 Å². The van der Waals surface area contributed by atoms with Gasteiger partial charge in [-0.2, -0.15) is 0 Å². The van der Waals surface area contributed by atoms with E-state index in [1.165, 1.54) is 0 Å². The largest absolute Gasteiger partial charge is 0.292 e. The number of rotatable bonds is 12. The smallest absolute Gasteiger partial charge is 0.235 e. The fraction of sp³-hybridized carbons (Fsp3) is 0. The van der Waals surface area contributed by atoms with Crippen molar-refractivity contribution in [3.63, 3.8) is 0 Å². The second kappa shape index (κ2) is 24.4. The highest BCUT2D eigenvalue weighted by molar-refractivity contribution is 7.27. The van der Waals surface area contributed by atoms with Crippen LogP contribution in [-0.2, 0) is 0 Å². The van der Waals surface area contributed by atoms with Gasteiger partial charge in [-0.25, -0.2) is 29.9 Å². The van der Waals surface area contributed by atoms with Crippen LogP contribution in [0, 0.1) is 0 Å². The average Bonchev–Trinajstić information content (AvgIpc) is 1.54. The molecule has 0 unspecified atom stereocenters. The van der Waals surface area contributed by atoms with Crippen molar-refractivity contribution in [2.45, 2.75) is 0 Å². The van der Waals surface area contributed by atoms with Crippen LogP contribution < -0.4 is 0 Å². The molecule has 0 aliphatic carbocycles. The van der Waals surface area contributed by atoms with Gasteiger partial charge in [-0.05, 0) is 119 Å². The third kappa shape index (κ3) is 10.00. The maximum atomic E-state index is 5.52. The Morgan fingerprint density at radius 3 is 0.867 bits per heavy atom. The van der Waals surface area contributed by atoms with Crippen LogP contribution in [0.2, 0.25) is 0 Å². The molecule has 0 radical (unpaired) electrons. The standard InChI is InChI=1S/C94H58N10S/c1-7-23-61(24-8-1)77-57-78(62-25-9-2-10-26-62)98-93(97-77)103-81-51-47-67(59-39-43-65(44-40-59)91-95-75-35-19-21-37-83(75)101(91)69-31-15-5-16-32-69)55-73(81)87-85(103)53-49-71-72-50-54-86-88(90(72)105-89(71)87)74-56-68(60-41-45-66(46-42-60)92-96-76-36-20-22-38-84(76)102(92)70-33-17-6-18-34-70)48-52-82(74)104(86)94-99-79(63-27-11-3-12-28-63)58-80(100-94)64-29-13-4-14-30-64/h1-58H. The molecule has 0 fully saturated rings. The molecule has 10 nitrogen and oxygen atoms in total. The van der Waals surface area contributed by atoms with Crippen LogP contribution in [0.1, 0.15) is 0 Å². The van der Waals surface area contributed by atoms with Gasteiger partial charge in [-0.3, -0.25) is 18.3 Å². The molecule has 0 saturated carbocycles. The summed E-state index contributed by atoms with van der Waals surface area (Å²) in [7, 11) is 0. The Balaban J connectivity index is 0.798. The van der Waals surface area contributed by atoms with Crippen LogP contribution in [0.3, 0.4) is 0 Å². The van der Waals surface area contributed by atoms with Crippen LogP contribution in [0.4, 0.5) is 0 Å². The number of benzene rings is 14. The lowest BCUT2D eigenvalue weighted by Gasteiger charge is -2.12. The SMILES string of the molecule is c1ccc(-c2cc(-c3ccccc3)nc(-n3c4ccc(-c5ccc(-c6nc7ccccc7n6-c6ccccc6)cc5)cc4c4c5sc6c(ccc7c6c6cc(-c8ccc(-c9nc%10ccccc%10n9-c9ccccc9)cc8)ccc6n7-c6nc(-c7ccccc7)cc(-c7ccccc7)n6)c5ccc43)n2)cc1. The molecular formula is C94H58N10S. The van der Waals surface area contributed by atoms with E-state index in [0.29, 0.717) is 11.9 Å². The monoisotopic (exact) mass is 1360 g/mol. The van der Waals surface area contributed by atoms with Crippen molar-refractivity contribution in [2.24, 2.45) is 0 Å². The third-order valence-electron chi connectivity index (χ3n) is 20.5. The molecular weight excluding hydrogens is 1300 g/mol. The Morgan fingerprint density at radius 1 is 0.200 bits per heavy atom. The van der Waals surface area contributed by atoms with Crippen LogP contribution in [0.25, 0.3) is 199 Å². The zero-order chi connectivity index (χ0) is 69.1. The number of aromatic nitrogens is 10. The van der Waals surface area contributed by atoms with Crippen LogP contribution >= 0.6 is 11.3 Å². The van der Waals surface area contributed by atoms with Gasteiger partial charge in [-0.15, -0.1) is 11.3 Å². The minimum Gasteiger partial charge on any atom is -0.292 e. The van der Waals surface area contributed by atoms with Gasteiger partial charge >= 0.3 is 0 Å². The molecule has 105 heavy (non-hydrogen) atoms. The first kappa shape index (κ1) is 59.8. The highest BCUT2D eigenvalue weighted by Crippen LogP contribution is 2.49. The molecule has 11 heteroatoms. The quantitative estimate of drug-likeness (QED) is 0.121. The molecule has 0 aliphatic heterocycles. The molecule has 0 amide bonds. The van der Waals surface area contributed by atoms with Crippen molar-refractivity contribution in [1.29, 1.82) is 0 Å². The number of thiophene rings is 1. The van der Waals surface area contributed by atoms with Crippen molar-refractivity contribution < 1.29 is 0 Å². The summed E-state index contributed by atoms with van der Waals surface area (Å²) in [5.74, 6) is 2.95. The van der Waals surface area contributed by atoms with E-state index in [4.69, 9.17) is 29.9 Å². The summed E-state index contributed by atoms with van der Waals surface area (Å²) in [4.78, 5) is 32.6. The van der Waals surface area contributed by atoms with Crippen molar-refractivity contribution in [1.82, 2.24) is 48.2 Å². The lowest BCUT2D eigenvalue weighted by Crippen LogP contribution is -2.04. The minimum absolute atomic E-state index is 0.586. The normalized spacial score (nSPS) is 11.8. The average molecular weight is 1360 g/mol. The van der Waals surface area contributed by atoms with E-state index in [1.807, 2.05) is 35.6 Å². The van der Waals surface area contributed by atoms with E-state index in [2.05, 4.69) is 346 Å². The van der Waals surface area contributed by atoms with Gasteiger partial charge in [0.25, 0.3) is 0 Å². The molecule has 0 atom stereocenters. The molecule has 490 valence electrons. The predicted octanol–water partition coefficient (Wildman–Crippen LogP) is 23.8. The molecule has 0 N–H and O–H groups in total. The maximum Gasteiger partial charge on any atom is 0.235 e. The van der Waals surface area contributed by atoms with E-state index in [-0.39, 0.29) is 0 Å². The number of hydrogen-bond donors (Lipinski definition) is 0. The number of hydrogen-bond acceptors (Lipinski definition) is 7. The lowest BCUT2D eigenvalue weighted by atomic mass is 10.00. The molecule has 0 aliphatic rings. The summed E-state index contributed by atoms with van der Waals surface area (Å²) in [6.45, 7) is 0. The highest BCUT2D eigenvalue weighted by atomic mass is 32.1. The Labute approximate surface area is 606 Å². The molecule has 7 aromatic heterocycles. The lowest BCUT2D eigenvalue weighted by molar-refractivity contribution is 0.995. The molecule has 14 aromatic carbocycles. The minimum atomic E-state index is 0.586. The fourth-order valence-electron chi connectivity index (χ4n) is 15.5. The van der Waals surface area contributed by atoms with Crippen molar-refractivity contribution in [3.8, 4) is 113 Å². The van der Waals surface area contributed by atoms with Gasteiger partial charge in [0.1, 0.15) is 11.6 Å². The van der Waals surface area contributed by atoms with Gasteiger partial charge in [0.2, 0.25) is 11.9 Å². The molecule has 0 spiro atoms. The second-order valence-corrected chi connectivity index (χ2v) is 27.6. The maximum absolute atomic E-state index is 5.52. The van der Waals surface area contributed by atoms with Crippen LogP contribution in [0.5, 0.6) is 0 Å². The zero-order valence-corrected chi connectivity index (χ0v) is 57.2. The van der Waals surface area contributed by atoms with Crippen molar-refractivity contribution in [2.75, 3.05) is 0 Å². The van der Waals surface area contributed by atoms with Gasteiger partial charge in [0, 0.05) is 86.5 Å². The summed E-state index contributed by atoms with van der Waals surface area (Å²) in [5.41, 5.74) is 23.9. The van der Waals surface area contributed by atoms with E-state index >= 15 is 0 Å². The van der Waals surface area contributed by atoms with E-state index < -0.39 is 0 Å². The fourth-order valence-corrected chi connectivity index (χ4v) is 16.9. The molecule has 7 heterocycles.